The third-order valence-corrected chi connectivity index (χ3v) is 3.34. The van der Waals surface area contributed by atoms with Crippen molar-refractivity contribution in [1.82, 2.24) is 0 Å². The zero-order valence-electron chi connectivity index (χ0n) is 9.95. The maximum Gasteiger partial charge on any atom is 0.0739 e. The Bertz CT molecular complexity index is 555. The molecule has 2 rings (SSSR count). The molecule has 2 nitrogen and oxygen atoms in total. The number of rotatable bonds is 3. The lowest BCUT2D eigenvalue weighted by Crippen LogP contribution is -2.08. The lowest BCUT2D eigenvalue weighted by molar-refractivity contribution is 0.885. The molecule has 4 heteroatoms. The summed E-state index contributed by atoms with van der Waals surface area (Å²) >= 11 is 12.0. The molecule has 0 saturated carbocycles. The van der Waals surface area contributed by atoms with Crippen molar-refractivity contribution in [3.8, 4) is 0 Å². The summed E-state index contributed by atoms with van der Waals surface area (Å²) in [6.07, 6.45) is 0. The van der Waals surface area contributed by atoms with Gasteiger partial charge in [0.1, 0.15) is 0 Å². The molecular weight excluding hydrogens is 267 g/mol. The quantitative estimate of drug-likeness (QED) is 0.797. The Kier molecular flexibility index (Phi) is 4.00. The van der Waals surface area contributed by atoms with Crippen LogP contribution in [0.1, 0.15) is 18.5 Å². The smallest absolute Gasteiger partial charge is 0.0739 e. The summed E-state index contributed by atoms with van der Waals surface area (Å²) in [7, 11) is 0. The summed E-state index contributed by atoms with van der Waals surface area (Å²) < 4.78 is 0. The molecule has 1 unspecified atom stereocenters. The van der Waals surface area contributed by atoms with E-state index in [0.717, 1.165) is 16.3 Å². The first-order valence-electron chi connectivity index (χ1n) is 5.64. The van der Waals surface area contributed by atoms with E-state index in [9.17, 15) is 0 Å². The van der Waals surface area contributed by atoms with Gasteiger partial charge in [-0.1, -0.05) is 41.4 Å². The zero-order valence-corrected chi connectivity index (χ0v) is 11.5. The van der Waals surface area contributed by atoms with Crippen LogP contribution in [0.5, 0.6) is 0 Å². The van der Waals surface area contributed by atoms with Gasteiger partial charge in [-0.2, -0.15) is 0 Å². The lowest BCUT2D eigenvalue weighted by atomic mass is 10.1. The molecule has 0 amide bonds. The minimum absolute atomic E-state index is 0.101. The van der Waals surface area contributed by atoms with E-state index in [2.05, 4.69) is 5.32 Å². The van der Waals surface area contributed by atoms with E-state index in [1.165, 1.54) is 0 Å². The molecule has 0 bridgehead atoms. The first-order valence-corrected chi connectivity index (χ1v) is 6.39. The number of anilines is 2. The van der Waals surface area contributed by atoms with E-state index in [4.69, 9.17) is 28.9 Å². The predicted octanol–water partition coefficient (Wildman–Crippen LogP) is 4.75. The van der Waals surface area contributed by atoms with Gasteiger partial charge in [-0.15, -0.1) is 0 Å². The van der Waals surface area contributed by atoms with E-state index in [-0.39, 0.29) is 6.04 Å². The largest absolute Gasteiger partial charge is 0.396 e. The highest BCUT2D eigenvalue weighted by Crippen LogP contribution is 2.30. The molecule has 2 aromatic rings. The number of benzene rings is 2. The van der Waals surface area contributed by atoms with Gasteiger partial charge in [-0.05, 0) is 36.8 Å². The standard InChI is InChI=1S/C14H14Cl2N2/c1-9(10-4-2-5-11(15)8-10)18-13-7-3-6-12(16)14(13)17/h2-9,18H,17H2,1H3. The van der Waals surface area contributed by atoms with Crippen LogP contribution >= 0.6 is 23.2 Å². The van der Waals surface area contributed by atoms with Gasteiger partial charge in [0.2, 0.25) is 0 Å². The highest BCUT2D eigenvalue weighted by molar-refractivity contribution is 6.33. The van der Waals surface area contributed by atoms with Crippen LogP contribution in [0.4, 0.5) is 11.4 Å². The van der Waals surface area contributed by atoms with E-state index in [1.54, 1.807) is 6.07 Å². The summed E-state index contributed by atoms with van der Waals surface area (Å²) in [6.45, 7) is 2.05. The van der Waals surface area contributed by atoms with Gasteiger partial charge in [0, 0.05) is 11.1 Å². The van der Waals surface area contributed by atoms with E-state index >= 15 is 0 Å². The molecule has 0 aromatic heterocycles. The van der Waals surface area contributed by atoms with E-state index in [0.29, 0.717) is 10.7 Å². The summed E-state index contributed by atoms with van der Waals surface area (Å²) in [6, 6.07) is 13.4. The minimum atomic E-state index is 0.101. The van der Waals surface area contributed by atoms with Crippen molar-refractivity contribution in [3.05, 3.63) is 58.1 Å². The second kappa shape index (κ2) is 5.51. The van der Waals surface area contributed by atoms with Crippen molar-refractivity contribution < 1.29 is 0 Å². The second-order valence-corrected chi connectivity index (χ2v) is 4.97. The van der Waals surface area contributed by atoms with Crippen LogP contribution in [0.15, 0.2) is 42.5 Å². The number of hydrogen-bond acceptors (Lipinski definition) is 2. The Morgan fingerprint density at radius 2 is 1.83 bits per heavy atom. The van der Waals surface area contributed by atoms with E-state index in [1.807, 2.05) is 43.3 Å². The van der Waals surface area contributed by atoms with Gasteiger partial charge < -0.3 is 11.1 Å². The fourth-order valence-electron chi connectivity index (χ4n) is 1.76. The van der Waals surface area contributed by atoms with Crippen LogP contribution in [-0.4, -0.2) is 0 Å². The molecule has 94 valence electrons. The van der Waals surface area contributed by atoms with E-state index < -0.39 is 0 Å². The maximum absolute atomic E-state index is 5.98. The molecule has 18 heavy (non-hydrogen) atoms. The molecule has 0 saturated heterocycles. The second-order valence-electron chi connectivity index (χ2n) is 4.12. The third kappa shape index (κ3) is 2.89. The van der Waals surface area contributed by atoms with Crippen molar-refractivity contribution in [2.24, 2.45) is 0 Å². The Morgan fingerprint density at radius 3 is 2.56 bits per heavy atom. The van der Waals surface area contributed by atoms with Crippen molar-refractivity contribution in [1.29, 1.82) is 0 Å². The monoisotopic (exact) mass is 280 g/mol. The minimum Gasteiger partial charge on any atom is -0.396 e. The molecule has 3 N–H and O–H groups in total. The molecule has 0 spiro atoms. The van der Waals surface area contributed by atoms with Crippen LogP contribution in [0.3, 0.4) is 0 Å². The molecule has 2 aromatic carbocycles. The van der Waals surface area contributed by atoms with Crippen molar-refractivity contribution in [3.63, 3.8) is 0 Å². The van der Waals surface area contributed by atoms with Crippen molar-refractivity contribution in [2.75, 3.05) is 11.1 Å². The van der Waals surface area contributed by atoms with Crippen LogP contribution in [0.25, 0.3) is 0 Å². The van der Waals surface area contributed by atoms with Crippen LogP contribution in [0.2, 0.25) is 10.0 Å². The fraction of sp³-hybridized carbons (Fsp3) is 0.143. The van der Waals surface area contributed by atoms with Gasteiger partial charge in [-0.25, -0.2) is 0 Å². The van der Waals surface area contributed by atoms with Crippen molar-refractivity contribution >= 4 is 34.6 Å². The van der Waals surface area contributed by atoms with Crippen molar-refractivity contribution in [2.45, 2.75) is 13.0 Å². The van der Waals surface area contributed by atoms with Gasteiger partial charge >= 0.3 is 0 Å². The van der Waals surface area contributed by atoms with Gasteiger partial charge in [0.15, 0.2) is 0 Å². The summed E-state index contributed by atoms with van der Waals surface area (Å²) in [5.41, 5.74) is 8.41. The first kappa shape index (κ1) is 13.1. The van der Waals surface area contributed by atoms with Gasteiger partial charge in [0.05, 0.1) is 16.4 Å². The Balaban J connectivity index is 2.21. The Labute approximate surface area is 117 Å². The lowest BCUT2D eigenvalue weighted by Gasteiger charge is -2.17. The number of nitrogen functional groups attached to an aromatic ring is 1. The number of nitrogens with two attached hydrogens (primary N) is 1. The number of halogens is 2. The van der Waals surface area contributed by atoms with Gasteiger partial charge in [-0.3, -0.25) is 0 Å². The summed E-state index contributed by atoms with van der Waals surface area (Å²) in [5.74, 6) is 0. The third-order valence-electron chi connectivity index (χ3n) is 2.77. The molecule has 0 radical (unpaired) electrons. The van der Waals surface area contributed by atoms with Crippen LogP contribution < -0.4 is 11.1 Å². The summed E-state index contributed by atoms with van der Waals surface area (Å²) in [5, 5.41) is 4.60. The highest BCUT2D eigenvalue weighted by atomic mass is 35.5. The number of para-hydroxylation sites is 1. The van der Waals surface area contributed by atoms with Crippen LogP contribution in [-0.2, 0) is 0 Å². The molecular formula is C14H14Cl2N2. The molecule has 0 fully saturated rings. The zero-order chi connectivity index (χ0) is 13.1. The maximum atomic E-state index is 5.98. The molecule has 0 aliphatic carbocycles. The average molecular weight is 281 g/mol. The molecule has 0 heterocycles. The highest BCUT2D eigenvalue weighted by Gasteiger charge is 2.09. The normalized spacial score (nSPS) is 12.2. The predicted molar refractivity (Wildman–Crippen MR) is 79.4 cm³/mol. The number of nitrogens with one attached hydrogen (secondary N) is 1. The molecule has 0 aliphatic heterocycles. The van der Waals surface area contributed by atoms with Crippen LogP contribution in [0, 0.1) is 0 Å². The molecule has 0 aliphatic rings. The fourth-order valence-corrected chi connectivity index (χ4v) is 2.13. The first-order chi connectivity index (χ1) is 8.58. The summed E-state index contributed by atoms with van der Waals surface area (Å²) in [4.78, 5) is 0. The molecule has 1 atom stereocenters. The Hall–Kier alpha value is -1.38. The van der Waals surface area contributed by atoms with Gasteiger partial charge in [0.25, 0.3) is 0 Å². The Morgan fingerprint density at radius 1 is 1.11 bits per heavy atom. The topological polar surface area (TPSA) is 38.0 Å². The SMILES string of the molecule is CC(Nc1cccc(Cl)c1N)c1cccc(Cl)c1. The average Bonchev–Trinajstić information content (AvgIpc) is 2.35. The number of hydrogen-bond donors (Lipinski definition) is 2.